The molecule has 1 amide bonds. The Hall–Kier alpha value is -1.99. The summed E-state index contributed by atoms with van der Waals surface area (Å²) in [6.45, 7) is 6.12. The van der Waals surface area contributed by atoms with Gasteiger partial charge in [0.05, 0.1) is 0 Å². The number of tetrazole rings is 1. The minimum absolute atomic E-state index is 0. The zero-order chi connectivity index (χ0) is 15.5. The number of rotatable bonds is 5. The predicted molar refractivity (Wildman–Crippen MR) is 86.5 cm³/mol. The molecule has 0 aliphatic carbocycles. The van der Waals surface area contributed by atoms with Crippen LogP contribution in [0.5, 0.6) is 0 Å². The highest BCUT2D eigenvalue weighted by atomic mass is 35.5. The third-order valence-corrected chi connectivity index (χ3v) is 2.79. The normalized spacial score (nSPS) is 10.9. The van der Waals surface area contributed by atoms with Crippen molar-refractivity contribution in [2.24, 2.45) is 5.73 Å². The van der Waals surface area contributed by atoms with Gasteiger partial charge in [0.2, 0.25) is 11.7 Å². The molecule has 0 unspecified atom stereocenters. The Kier molecular flexibility index (Phi) is 6.01. The van der Waals surface area contributed by atoms with Gasteiger partial charge in [-0.15, -0.1) is 22.6 Å². The molecule has 120 valence electrons. The van der Waals surface area contributed by atoms with E-state index in [1.807, 2.05) is 45.0 Å². The number of benzene rings is 1. The van der Waals surface area contributed by atoms with Crippen molar-refractivity contribution in [3.63, 3.8) is 0 Å². The fourth-order valence-corrected chi connectivity index (χ4v) is 1.64. The van der Waals surface area contributed by atoms with E-state index >= 15 is 0 Å². The summed E-state index contributed by atoms with van der Waals surface area (Å²) < 4.78 is 0. The summed E-state index contributed by atoms with van der Waals surface area (Å²) >= 11 is 0. The Bertz CT molecular complexity index is 617. The lowest BCUT2D eigenvalue weighted by Gasteiger charge is -2.18. The highest BCUT2D eigenvalue weighted by molar-refractivity contribution is 5.85. The second kappa shape index (κ2) is 7.33. The Morgan fingerprint density at radius 1 is 1.32 bits per heavy atom. The van der Waals surface area contributed by atoms with Crippen LogP contribution in [0, 0.1) is 6.92 Å². The maximum Gasteiger partial charge on any atom is 0.243 e. The molecule has 0 saturated carbocycles. The van der Waals surface area contributed by atoms with Crippen molar-refractivity contribution in [2.75, 3.05) is 6.54 Å². The molecule has 0 bridgehead atoms. The quantitative estimate of drug-likeness (QED) is 0.852. The van der Waals surface area contributed by atoms with Crippen molar-refractivity contribution >= 4 is 18.3 Å². The second-order valence-corrected chi connectivity index (χ2v) is 5.77. The fourth-order valence-electron chi connectivity index (χ4n) is 1.64. The van der Waals surface area contributed by atoms with Crippen LogP contribution in [0.2, 0.25) is 0 Å². The van der Waals surface area contributed by atoms with Gasteiger partial charge < -0.3 is 11.1 Å². The van der Waals surface area contributed by atoms with Crippen molar-refractivity contribution in [1.82, 2.24) is 25.5 Å². The van der Waals surface area contributed by atoms with Crippen LogP contribution < -0.4 is 11.1 Å². The monoisotopic (exact) mass is 324 g/mol. The molecule has 1 aromatic heterocycles. The lowest BCUT2D eigenvalue weighted by atomic mass is 10.1. The van der Waals surface area contributed by atoms with E-state index in [1.54, 1.807) is 0 Å². The SMILES string of the molecule is Cc1ccc(-c2nnn(CC(=O)NCC(C)(C)N)n2)cc1.Cl. The largest absolute Gasteiger partial charge is 0.353 e. The van der Waals surface area contributed by atoms with Crippen molar-refractivity contribution in [3.8, 4) is 11.4 Å². The minimum Gasteiger partial charge on any atom is -0.353 e. The van der Waals surface area contributed by atoms with E-state index in [0.29, 0.717) is 12.4 Å². The van der Waals surface area contributed by atoms with Crippen LogP contribution in [0.4, 0.5) is 0 Å². The van der Waals surface area contributed by atoms with Crippen molar-refractivity contribution < 1.29 is 4.79 Å². The van der Waals surface area contributed by atoms with Gasteiger partial charge in [0.25, 0.3) is 0 Å². The van der Waals surface area contributed by atoms with Gasteiger partial charge in [-0.2, -0.15) is 4.80 Å². The summed E-state index contributed by atoms with van der Waals surface area (Å²) in [5, 5.41) is 14.8. The van der Waals surface area contributed by atoms with Crippen LogP contribution >= 0.6 is 12.4 Å². The first-order valence-electron chi connectivity index (χ1n) is 6.74. The van der Waals surface area contributed by atoms with Gasteiger partial charge in [-0.25, -0.2) is 0 Å². The minimum atomic E-state index is -0.446. The molecule has 2 aromatic rings. The first-order chi connectivity index (χ1) is 9.83. The molecular weight excluding hydrogens is 304 g/mol. The number of carbonyl (C=O) groups is 1. The molecule has 0 spiro atoms. The Labute approximate surface area is 135 Å². The van der Waals surface area contributed by atoms with E-state index in [4.69, 9.17) is 5.73 Å². The smallest absolute Gasteiger partial charge is 0.243 e. The molecule has 1 heterocycles. The molecular formula is C14H21ClN6O. The lowest BCUT2D eigenvalue weighted by molar-refractivity contribution is -0.122. The molecule has 1 aromatic carbocycles. The van der Waals surface area contributed by atoms with Crippen molar-refractivity contribution in [3.05, 3.63) is 29.8 Å². The van der Waals surface area contributed by atoms with Gasteiger partial charge in [-0.3, -0.25) is 4.79 Å². The van der Waals surface area contributed by atoms with Gasteiger partial charge >= 0.3 is 0 Å². The number of nitrogens with zero attached hydrogens (tertiary/aromatic N) is 4. The summed E-state index contributed by atoms with van der Waals surface area (Å²) in [7, 11) is 0. The van der Waals surface area contributed by atoms with Crippen LogP contribution in [0.3, 0.4) is 0 Å². The van der Waals surface area contributed by atoms with Gasteiger partial charge in [-0.1, -0.05) is 29.8 Å². The van der Waals surface area contributed by atoms with Crippen LogP contribution in [0.25, 0.3) is 11.4 Å². The van der Waals surface area contributed by atoms with Gasteiger partial charge in [0, 0.05) is 17.6 Å². The van der Waals surface area contributed by atoms with Crippen LogP contribution in [0.1, 0.15) is 19.4 Å². The fraction of sp³-hybridized carbons (Fsp3) is 0.429. The van der Waals surface area contributed by atoms with E-state index in [1.165, 1.54) is 4.80 Å². The first-order valence-corrected chi connectivity index (χ1v) is 6.74. The Morgan fingerprint density at radius 2 is 1.95 bits per heavy atom. The Balaban J connectivity index is 0.00000242. The molecule has 22 heavy (non-hydrogen) atoms. The molecule has 8 heteroatoms. The molecule has 0 radical (unpaired) electrons. The predicted octanol–water partition coefficient (Wildman–Crippen LogP) is 0.924. The van der Waals surface area contributed by atoms with E-state index in [-0.39, 0.29) is 24.9 Å². The van der Waals surface area contributed by atoms with E-state index < -0.39 is 5.54 Å². The summed E-state index contributed by atoms with van der Waals surface area (Å²) in [5.41, 5.74) is 7.39. The number of nitrogens with two attached hydrogens (primary N) is 1. The molecule has 0 aliphatic rings. The summed E-state index contributed by atoms with van der Waals surface area (Å²) in [5.74, 6) is 0.309. The van der Waals surface area contributed by atoms with Crippen molar-refractivity contribution in [2.45, 2.75) is 32.9 Å². The number of nitrogens with one attached hydrogen (secondary N) is 1. The van der Waals surface area contributed by atoms with Crippen molar-refractivity contribution in [1.29, 1.82) is 0 Å². The molecule has 0 atom stereocenters. The van der Waals surface area contributed by atoms with E-state index in [2.05, 4.69) is 20.7 Å². The first kappa shape index (κ1) is 18.1. The molecule has 0 saturated heterocycles. The Morgan fingerprint density at radius 3 is 2.55 bits per heavy atom. The number of aromatic nitrogens is 4. The average Bonchev–Trinajstić information content (AvgIpc) is 2.85. The molecule has 3 N–H and O–H groups in total. The van der Waals surface area contributed by atoms with Gasteiger partial charge in [0.1, 0.15) is 6.54 Å². The number of hydrogen-bond donors (Lipinski definition) is 2. The maximum atomic E-state index is 11.8. The summed E-state index contributed by atoms with van der Waals surface area (Å²) in [4.78, 5) is 13.0. The standard InChI is InChI=1S/C14H20N6O.ClH/c1-10-4-6-11(7-5-10)13-17-19-20(18-13)8-12(21)16-9-14(2,3)15;/h4-7H,8-9,15H2,1-3H3,(H,16,21);1H. The molecule has 0 aliphatic heterocycles. The van der Waals surface area contributed by atoms with E-state index in [9.17, 15) is 4.79 Å². The molecule has 2 rings (SSSR count). The second-order valence-electron chi connectivity index (χ2n) is 5.77. The highest BCUT2D eigenvalue weighted by Crippen LogP contribution is 2.13. The topological polar surface area (TPSA) is 98.7 Å². The highest BCUT2D eigenvalue weighted by Gasteiger charge is 2.13. The third-order valence-electron chi connectivity index (χ3n) is 2.79. The number of carbonyl (C=O) groups excluding carboxylic acids is 1. The van der Waals surface area contributed by atoms with Gasteiger partial charge in [-0.05, 0) is 26.0 Å². The van der Waals surface area contributed by atoms with Crippen LogP contribution in [0.15, 0.2) is 24.3 Å². The number of halogens is 1. The zero-order valence-corrected chi connectivity index (χ0v) is 13.7. The van der Waals surface area contributed by atoms with E-state index in [0.717, 1.165) is 11.1 Å². The van der Waals surface area contributed by atoms with Gasteiger partial charge in [0.15, 0.2) is 0 Å². The molecule has 0 fully saturated rings. The lowest BCUT2D eigenvalue weighted by Crippen LogP contribution is -2.46. The summed E-state index contributed by atoms with van der Waals surface area (Å²) in [6.07, 6.45) is 0. The van der Waals surface area contributed by atoms with Crippen LogP contribution in [-0.4, -0.2) is 38.2 Å². The zero-order valence-electron chi connectivity index (χ0n) is 12.9. The third kappa shape index (κ3) is 5.42. The average molecular weight is 325 g/mol. The number of amides is 1. The number of aryl methyl sites for hydroxylation is 1. The number of hydrogen-bond acceptors (Lipinski definition) is 5. The molecule has 7 nitrogen and oxygen atoms in total. The maximum absolute atomic E-state index is 11.8. The van der Waals surface area contributed by atoms with Crippen LogP contribution in [-0.2, 0) is 11.3 Å². The summed E-state index contributed by atoms with van der Waals surface area (Å²) in [6, 6.07) is 7.81.